The highest BCUT2D eigenvalue weighted by Crippen LogP contribution is 2.07. The maximum atomic E-state index is 12.1. The lowest BCUT2D eigenvalue weighted by atomic mass is 10.1. The van der Waals surface area contributed by atoms with Gasteiger partial charge in [-0.1, -0.05) is 11.8 Å². The van der Waals surface area contributed by atoms with Gasteiger partial charge in [-0.3, -0.25) is 15.1 Å². The lowest BCUT2D eigenvalue weighted by molar-refractivity contribution is 0.102. The first-order chi connectivity index (χ1) is 9.81. The van der Waals surface area contributed by atoms with Crippen molar-refractivity contribution in [2.24, 2.45) is 0 Å². The van der Waals surface area contributed by atoms with Crippen molar-refractivity contribution >= 4 is 11.9 Å². The number of hydrogen-bond donors (Lipinski definition) is 2. The van der Waals surface area contributed by atoms with Gasteiger partial charge in [-0.2, -0.15) is 5.10 Å². The van der Waals surface area contributed by atoms with Crippen molar-refractivity contribution in [3.05, 3.63) is 42.0 Å². The van der Waals surface area contributed by atoms with Crippen LogP contribution in [-0.4, -0.2) is 37.8 Å². The number of nitrogens with zero attached hydrogens (tertiary/aromatic N) is 4. The molecule has 0 radical (unpaired) electrons. The standard InChI is InChI=1S/C13H11N5O2/c19-8-2-1-3-10-9-14-5-4-11(10)12(20)17-13-15-6-7-16-18-13/h4-7,9,19H,2,8H2,(H,15,17,18,20). The quantitative estimate of drug-likeness (QED) is 0.775. The summed E-state index contributed by atoms with van der Waals surface area (Å²) in [5, 5.41) is 18.5. The van der Waals surface area contributed by atoms with Gasteiger partial charge in [-0.25, -0.2) is 4.98 Å². The monoisotopic (exact) mass is 269 g/mol. The summed E-state index contributed by atoms with van der Waals surface area (Å²) >= 11 is 0. The predicted octanol–water partition coefficient (Wildman–Crippen LogP) is 0.253. The first kappa shape index (κ1) is 13.6. The number of carbonyl (C=O) groups is 1. The normalized spacial score (nSPS) is 9.45. The van der Waals surface area contributed by atoms with Crippen LogP contribution in [0.15, 0.2) is 30.9 Å². The van der Waals surface area contributed by atoms with E-state index >= 15 is 0 Å². The molecule has 2 rings (SSSR count). The van der Waals surface area contributed by atoms with Crippen LogP contribution in [0.5, 0.6) is 0 Å². The molecule has 0 aliphatic rings. The van der Waals surface area contributed by atoms with E-state index in [1.54, 1.807) is 6.07 Å². The minimum Gasteiger partial charge on any atom is -0.395 e. The molecule has 20 heavy (non-hydrogen) atoms. The minimum atomic E-state index is -0.395. The van der Waals surface area contributed by atoms with Crippen molar-refractivity contribution in [2.75, 3.05) is 11.9 Å². The van der Waals surface area contributed by atoms with Crippen LogP contribution in [0.4, 0.5) is 5.95 Å². The summed E-state index contributed by atoms with van der Waals surface area (Å²) in [5.74, 6) is 5.26. The molecule has 0 unspecified atom stereocenters. The molecule has 2 aromatic rings. The average Bonchev–Trinajstić information content (AvgIpc) is 2.49. The van der Waals surface area contributed by atoms with Crippen LogP contribution in [0.1, 0.15) is 22.3 Å². The third-order valence-electron chi connectivity index (χ3n) is 2.23. The summed E-state index contributed by atoms with van der Waals surface area (Å²) in [6.07, 6.45) is 6.16. The first-order valence-corrected chi connectivity index (χ1v) is 5.80. The fourth-order valence-electron chi connectivity index (χ4n) is 1.38. The number of anilines is 1. The van der Waals surface area contributed by atoms with Crippen LogP contribution in [0, 0.1) is 11.8 Å². The molecule has 1 amide bonds. The molecule has 2 aromatic heterocycles. The summed E-state index contributed by atoms with van der Waals surface area (Å²) in [4.78, 5) is 19.9. The molecule has 0 bridgehead atoms. The van der Waals surface area contributed by atoms with E-state index in [1.807, 2.05) is 0 Å². The summed E-state index contributed by atoms with van der Waals surface area (Å²) in [6.45, 7) is -0.0294. The molecule has 2 heterocycles. The first-order valence-electron chi connectivity index (χ1n) is 5.80. The second kappa shape index (κ2) is 6.92. The Hall–Kier alpha value is -2.85. The molecule has 0 aromatic carbocycles. The van der Waals surface area contributed by atoms with E-state index in [2.05, 4.69) is 37.3 Å². The Morgan fingerprint density at radius 1 is 1.35 bits per heavy atom. The summed E-state index contributed by atoms with van der Waals surface area (Å²) in [7, 11) is 0. The molecule has 7 nitrogen and oxygen atoms in total. The Morgan fingerprint density at radius 3 is 3.00 bits per heavy atom. The van der Waals surface area contributed by atoms with Gasteiger partial charge < -0.3 is 5.11 Å². The van der Waals surface area contributed by atoms with Gasteiger partial charge in [0.1, 0.15) is 0 Å². The molecule has 0 aliphatic heterocycles. The number of hydrogen-bond acceptors (Lipinski definition) is 6. The zero-order valence-corrected chi connectivity index (χ0v) is 10.4. The number of pyridine rings is 1. The number of aliphatic hydroxyl groups is 1. The molecule has 0 saturated carbocycles. The molecule has 7 heteroatoms. The Labute approximate surface area is 115 Å². The SMILES string of the molecule is O=C(Nc1nccnn1)c1ccncc1C#CCCO. The number of amides is 1. The van der Waals surface area contributed by atoms with Crippen LogP contribution in [0.3, 0.4) is 0 Å². The number of rotatable bonds is 3. The summed E-state index contributed by atoms with van der Waals surface area (Å²) in [6, 6.07) is 1.55. The summed E-state index contributed by atoms with van der Waals surface area (Å²) < 4.78 is 0. The molecule has 2 N–H and O–H groups in total. The Kier molecular flexibility index (Phi) is 4.70. The van der Waals surface area contributed by atoms with Crippen LogP contribution < -0.4 is 5.32 Å². The lowest BCUT2D eigenvalue weighted by Crippen LogP contribution is -2.16. The molecule has 0 fully saturated rings. The highest BCUT2D eigenvalue weighted by atomic mass is 16.2. The van der Waals surface area contributed by atoms with E-state index < -0.39 is 5.91 Å². The van der Waals surface area contributed by atoms with Gasteiger partial charge in [0.05, 0.1) is 30.1 Å². The Balaban J connectivity index is 2.20. The topological polar surface area (TPSA) is 101 Å². The number of aromatic nitrogens is 4. The molecule has 0 spiro atoms. The van der Waals surface area contributed by atoms with Crippen molar-refractivity contribution in [3.8, 4) is 11.8 Å². The smallest absolute Gasteiger partial charge is 0.259 e. The van der Waals surface area contributed by atoms with Crippen molar-refractivity contribution in [1.82, 2.24) is 20.2 Å². The third kappa shape index (κ3) is 3.57. The van der Waals surface area contributed by atoms with Crippen LogP contribution in [0.25, 0.3) is 0 Å². The van der Waals surface area contributed by atoms with Gasteiger partial charge in [0.15, 0.2) is 0 Å². The Bertz CT molecular complexity index is 649. The second-order valence-electron chi connectivity index (χ2n) is 3.62. The molecule has 0 atom stereocenters. The zero-order valence-electron chi connectivity index (χ0n) is 10.4. The third-order valence-corrected chi connectivity index (χ3v) is 2.23. The van der Waals surface area contributed by atoms with E-state index in [0.29, 0.717) is 17.5 Å². The number of nitrogens with one attached hydrogen (secondary N) is 1. The van der Waals surface area contributed by atoms with Crippen molar-refractivity contribution in [1.29, 1.82) is 0 Å². The van der Waals surface area contributed by atoms with E-state index in [4.69, 9.17) is 5.11 Å². The average molecular weight is 269 g/mol. The van der Waals surface area contributed by atoms with E-state index in [9.17, 15) is 4.79 Å². The van der Waals surface area contributed by atoms with Crippen molar-refractivity contribution in [2.45, 2.75) is 6.42 Å². The summed E-state index contributed by atoms with van der Waals surface area (Å²) in [5.41, 5.74) is 0.834. The predicted molar refractivity (Wildman–Crippen MR) is 70.6 cm³/mol. The zero-order chi connectivity index (χ0) is 14.2. The van der Waals surface area contributed by atoms with Crippen molar-refractivity contribution in [3.63, 3.8) is 0 Å². The van der Waals surface area contributed by atoms with Crippen LogP contribution in [-0.2, 0) is 0 Å². The Morgan fingerprint density at radius 2 is 2.25 bits per heavy atom. The van der Waals surface area contributed by atoms with E-state index in [-0.39, 0.29) is 12.6 Å². The number of carbonyl (C=O) groups excluding carboxylic acids is 1. The number of aliphatic hydroxyl groups excluding tert-OH is 1. The van der Waals surface area contributed by atoms with E-state index in [1.165, 1.54) is 24.8 Å². The van der Waals surface area contributed by atoms with Crippen LogP contribution in [0.2, 0.25) is 0 Å². The van der Waals surface area contributed by atoms with Crippen molar-refractivity contribution < 1.29 is 9.90 Å². The minimum absolute atomic E-state index is 0.0294. The molecular weight excluding hydrogens is 258 g/mol. The maximum absolute atomic E-state index is 12.1. The van der Waals surface area contributed by atoms with Gasteiger partial charge in [0.25, 0.3) is 5.91 Å². The fourth-order valence-corrected chi connectivity index (χ4v) is 1.38. The van der Waals surface area contributed by atoms with Gasteiger partial charge in [-0.05, 0) is 6.07 Å². The van der Waals surface area contributed by atoms with Gasteiger partial charge >= 0.3 is 0 Å². The maximum Gasteiger partial charge on any atom is 0.259 e. The van der Waals surface area contributed by atoms with E-state index in [0.717, 1.165) is 0 Å². The van der Waals surface area contributed by atoms with Gasteiger partial charge in [0, 0.05) is 18.8 Å². The molecule has 0 saturated heterocycles. The molecule has 100 valence electrons. The fraction of sp³-hybridized carbons (Fsp3) is 0.154. The van der Waals surface area contributed by atoms with Gasteiger partial charge in [0.2, 0.25) is 5.95 Å². The largest absolute Gasteiger partial charge is 0.395 e. The van der Waals surface area contributed by atoms with Crippen LogP contribution >= 0.6 is 0 Å². The lowest BCUT2D eigenvalue weighted by Gasteiger charge is -2.04. The molecular formula is C13H11N5O2. The highest BCUT2D eigenvalue weighted by Gasteiger charge is 2.11. The van der Waals surface area contributed by atoms with Gasteiger partial charge in [-0.15, -0.1) is 5.10 Å². The highest BCUT2D eigenvalue weighted by molar-refractivity contribution is 6.04. The molecule has 0 aliphatic carbocycles. The second-order valence-corrected chi connectivity index (χ2v) is 3.62.